The van der Waals surface area contributed by atoms with E-state index >= 15 is 0 Å². The Kier molecular flexibility index (Phi) is 3.87. The van der Waals surface area contributed by atoms with E-state index < -0.39 is 12.0 Å². The van der Waals surface area contributed by atoms with Gasteiger partial charge in [-0.15, -0.1) is 0 Å². The Hall–Kier alpha value is -0.630. The first-order valence-electron chi connectivity index (χ1n) is 4.16. The smallest absolute Gasteiger partial charge is 0.322 e. The molecule has 0 amide bonds. The topological polar surface area (TPSA) is 67.2 Å². The number of hydrogen-bond donors (Lipinski definition) is 2. The molecule has 5 nitrogen and oxygen atoms in total. The molecule has 0 saturated heterocycles. The number of likely N-dealkylation sites (N-methyl/N-ethyl adjacent to an activating group) is 1. The summed E-state index contributed by atoms with van der Waals surface area (Å²) in [5.41, 5.74) is 0. The van der Waals surface area contributed by atoms with Crippen molar-refractivity contribution in [2.45, 2.75) is 19.0 Å². The molecule has 6 heteroatoms. The van der Waals surface area contributed by atoms with Gasteiger partial charge in [0, 0.05) is 6.20 Å². The molecule has 2 N–H and O–H groups in total. The summed E-state index contributed by atoms with van der Waals surface area (Å²) in [7, 11) is 1.63. The number of halogens is 1. The summed E-state index contributed by atoms with van der Waals surface area (Å²) in [6.07, 6.45) is 3.52. The summed E-state index contributed by atoms with van der Waals surface area (Å²) >= 11 is 2.14. The van der Waals surface area contributed by atoms with Crippen LogP contribution in [0, 0.1) is 3.57 Å². The van der Waals surface area contributed by atoms with E-state index in [-0.39, 0.29) is 6.04 Å². The average Bonchev–Trinajstić information content (AvgIpc) is 2.52. The largest absolute Gasteiger partial charge is 0.480 e. The Labute approximate surface area is 95.6 Å². The number of carbonyl (C=O) groups is 1. The molecule has 0 spiro atoms. The van der Waals surface area contributed by atoms with Gasteiger partial charge in [0.1, 0.15) is 6.04 Å². The van der Waals surface area contributed by atoms with Crippen LogP contribution < -0.4 is 5.32 Å². The predicted molar refractivity (Wildman–Crippen MR) is 60.1 cm³/mol. The van der Waals surface area contributed by atoms with Crippen molar-refractivity contribution in [1.29, 1.82) is 0 Å². The normalized spacial score (nSPS) is 15.1. The Balaban J connectivity index is 2.82. The maximum Gasteiger partial charge on any atom is 0.322 e. The number of carboxylic acids is 1. The molecule has 0 aliphatic carbocycles. The van der Waals surface area contributed by atoms with Gasteiger partial charge >= 0.3 is 5.97 Å². The van der Waals surface area contributed by atoms with E-state index in [1.807, 2.05) is 13.1 Å². The zero-order valence-electron chi connectivity index (χ0n) is 7.94. The Bertz CT molecular complexity index is 326. The molecule has 0 aliphatic heterocycles. The van der Waals surface area contributed by atoms with E-state index in [9.17, 15) is 4.79 Å². The fourth-order valence-corrected chi connectivity index (χ4v) is 1.67. The van der Waals surface area contributed by atoms with Crippen molar-refractivity contribution < 1.29 is 9.90 Å². The van der Waals surface area contributed by atoms with E-state index in [1.165, 1.54) is 0 Å². The van der Waals surface area contributed by atoms with E-state index in [0.717, 1.165) is 3.57 Å². The van der Waals surface area contributed by atoms with Crippen LogP contribution in [0.15, 0.2) is 12.4 Å². The van der Waals surface area contributed by atoms with E-state index in [2.05, 4.69) is 33.0 Å². The highest BCUT2D eigenvalue weighted by atomic mass is 127. The molecule has 0 bridgehead atoms. The average molecular weight is 309 g/mol. The lowest BCUT2D eigenvalue weighted by Gasteiger charge is -2.19. The van der Waals surface area contributed by atoms with E-state index in [1.54, 1.807) is 17.9 Å². The van der Waals surface area contributed by atoms with Gasteiger partial charge in [-0.1, -0.05) is 0 Å². The molecule has 1 aromatic rings. The third-order valence-electron chi connectivity index (χ3n) is 2.05. The Morgan fingerprint density at radius 3 is 2.79 bits per heavy atom. The van der Waals surface area contributed by atoms with Gasteiger partial charge in [0.15, 0.2) is 0 Å². The second-order valence-electron chi connectivity index (χ2n) is 2.98. The first-order chi connectivity index (χ1) is 6.56. The first kappa shape index (κ1) is 11.4. The summed E-state index contributed by atoms with van der Waals surface area (Å²) in [6.45, 7) is 1.82. The molecule has 1 heterocycles. The van der Waals surface area contributed by atoms with Gasteiger partial charge in [0.25, 0.3) is 0 Å². The molecule has 78 valence electrons. The van der Waals surface area contributed by atoms with Crippen LogP contribution in [-0.2, 0) is 4.79 Å². The van der Waals surface area contributed by atoms with Gasteiger partial charge in [-0.2, -0.15) is 5.10 Å². The van der Waals surface area contributed by atoms with Gasteiger partial charge < -0.3 is 10.4 Å². The second-order valence-corrected chi connectivity index (χ2v) is 4.23. The highest BCUT2D eigenvalue weighted by molar-refractivity contribution is 14.1. The summed E-state index contributed by atoms with van der Waals surface area (Å²) in [5, 5.41) is 15.7. The van der Waals surface area contributed by atoms with E-state index in [4.69, 9.17) is 5.11 Å². The van der Waals surface area contributed by atoms with Gasteiger partial charge in [-0.3, -0.25) is 9.48 Å². The lowest BCUT2D eigenvalue weighted by Crippen LogP contribution is -2.40. The fraction of sp³-hybridized carbons (Fsp3) is 0.500. The van der Waals surface area contributed by atoms with Crippen LogP contribution in [0.25, 0.3) is 0 Å². The first-order valence-corrected chi connectivity index (χ1v) is 5.24. The zero-order valence-corrected chi connectivity index (χ0v) is 10.1. The Morgan fingerprint density at radius 1 is 1.79 bits per heavy atom. The standard InChI is InChI=1S/C8H12IN3O2/c1-5(7(10-2)8(13)14)12-4-6(9)3-11-12/h3-5,7,10H,1-2H3,(H,13,14). The highest BCUT2D eigenvalue weighted by Crippen LogP contribution is 2.12. The van der Waals surface area contributed by atoms with Crippen LogP contribution in [-0.4, -0.2) is 33.9 Å². The number of rotatable bonds is 4. The van der Waals surface area contributed by atoms with Crippen molar-refractivity contribution in [2.75, 3.05) is 7.05 Å². The lowest BCUT2D eigenvalue weighted by molar-refractivity contribution is -0.140. The molecular weight excluding hydrogens is 297 g/mol. The zero-order chi connectivity index (χ0) is 10.7. The summed E-state index contributed by atoms with van der Waals surface area (Å²) in [5.74, 6) is -0.870. The minimum absolute atomic E-state index is 0.207. The number of aromatic nitrogens is 2. The molecule has 14 heavy (non-hydrogen) atoms. The minimum atomic E-state index is -0.870. The second kappa shape index (κ2) is 4.74. The van der Waals surface area contributed by atoms with Crippen LogP contribution in [0.2, 0.25) is 0 Å². The SMILES string of the molecule is CNC(C(=O)O)C(C)n1cc(I)cn1. The van der Waals surface area contributed by atoms with Gasteiger partial charge in [0.2, 0.25) is 0 Å². The number of nitrogens with one attached hydrogen (secondary N) is 1. The Morgan fingerprint density at radius 2 is 2.43 bits per heavy atom. The van der Waals surface area contributed by atoms with Crippen LogP contribution >= 0.6 is 22.6 Å². The van der Waals surface area contributed by atoms with Crippen LogP contribution in [0.5, 0.6) is 0 Å². The molecular formula is C8H12IN3O2. The molecule has 0 aliphatic rings. The molecule has 0 fully saturated rings. The third-order valence-corrected chi connectivity index (χ3v) is 2.60. The van der Waals surface area contributed by atoms with Crippen molar-refractivity contribution in [2.24, 2.45) is 0 Å². The monoisotopic (exact) mass is 309 g/mol. The number of nitrogens with zero attached hydrogens (tertiary/aromatic N) is 2. The maximum atomic E-state index is 10.8. The van der Waals surface area contributed by atoms with E-state index in [0.29, 0.717) is 0 Å². The number of hydrogen-bond acceptors (Lipinski definition) is 3. The molecule has 0 saturated carbocycles. The fourth-order valence-electron chi connectivity index (χ4n) is 1.26. The highest BCUT2D eigenvalue weighted by Gasteiger charge is 2.24. The molecule has 1 rings (SSSR count). The third kappa shape index (κ3) is 2.44. The molecule has 0 radical (unpaired) electrons. The van der Waals surface area contributed by atoms with Crippen LogP contribution in [0.3, 0.4) is 0 Å². The minimum Gasteiger partial charge on any atom is -0.480 e. The van der Waals surface area contributed by atoms with Gasteiger partial charge in [-0.25, -0.2) is 0 Å². The maximum absolute atomic E-state index is 10.8. The lowest BCUT2D eigenvalue weighted by atomic mass is 10.1. The van der Waals surface area contributed by atoms with Crippen molar-refractivity contribution in [1.82, 2.24) is 15.1 Å². The summed E-state index contributed by atoms with van der Waals surface area (Å²) in [6, 6.07) is -0.827. The molecule has 2 unspecified atom stereocenters. The van der Waals surface area contributed by atoms with Crippen LogP contribution in [0.1, 0.15) is 13.0 Å². The molecule has 2 atom stereocenters. The van der Waals surface area contributed by atoms with Gasteiger partial charge in [-0.05, 0) is 36.6 Å². The van der Waals surface area contributed by atoms with Crippen molar-refractivity contribution in [3.63, 3.8) is 0 Å². The summed E-state index contributed by atoms with van der Waals surface area (Å²) in [4.78, 5) is 10.8. The predicted octanol–water partition coefficient (Wildman–Crippen LogP) is 0.721. The number of aliphatic carboxylic acids is 1. The summed E-state index contributed by atoms with van der Waals surface area (Å²) < 4.78 is 2.64. The quantitative estimate of drug-likeness (QED) is 0.805. The van der Waals surface area contributed by atoms with Gasteiger partial charge in [0.05, 0.1) is 15.8 Å². The van der Waals surface area contributed by atoms with Crippen molar-refractivity contribution in [3.05, 3.63) is 16.0 Å². The van der Waals surface area contributed by atoms with Crippen LogP contribution in [0.4, 0.5) is 0 Å². The molecule has 0 aromatic carbocycles. The number of carboxylic acid groups (broad SMARTS) is 1. The van der Waals surface area contributed by atoms with Crippen molar-refractivity contribution in [3.8, 4) is 0 Å². The molecule has 1 aromatic heterocycles. The van der Waals surface area contributed by atoms with Crippen molar-refractivity contribution >= 4 is 28.6 Å².